The highest BCUT2D eigenvalue weighted by Gasteiger charge is 2.53. The molecule has 0 saturated carbocycles. The van der Waals surface area contributed by atoms with Gasteiger partial charge in [0.1, 0.15) is 6.10 Å². The second-order valence-electron chi connectivity index (χ2n) is 11.8. The molecule has 0 aromatic heterocycles. The normalized spacial score (nSPS) is 21.3. The molecule has 13 heteroatoms. The van der Waals surface area contributed by atoms with Gasteiger partial charge in [-0.1, -0.05) is 57.0 Å². The van der Waals surface area contributed by atoms with Gasteiger partial charge < -0.3 is 39.4 Å². The first-order valence-corrected chi connectivity index (χ1v) is 16.8. The SMILES string of the molecule is C=CC[C@H](CC(=O)NCCCC)C(=O)O[C@@H]1[C@@H](OC(=O)[C@H](CC=C)CC(=O)NCCCC)[C@@H](OC)O[C@H](CO)[C@H]1OC(=O)c1ccccc1. The van der Waals surface area contributed by atoms with Gasteiger partial charge in [-0.15, -0.1) is 13.2 Å². The highest BCUT2D eigenvalue weighted by Crippen LogP contribution is 2.32. The van der Waals surface area contributed by atoms with Crippen LogP contribution in [0.4, 0.5) is 0 Å². The third-order valence-corrected chi connectivity index (χ3v) is 7.90. The molecule has 13 nitrogen and oxygen atoms in total. The fourth-order valence-electron chi connectivity index (χ4n) is 5.17. The molecule has 1 aromatic carbocycles. The number of hydrogen-bond donors (Lipinski definition) is 3. The lowest BCUT2D eigenvalue weighted by atomic mass is 9.96. The summed E-state index contributed by atoms with van der Waals surface area (Å²) in [5, 5.41) is 15.8. The van der Waals surface area contributed by atoms with Crippen LogP contribution in [-0.4, -0.2) is 92.3 Å². The number of amides is 2. The van der Waals surface area contributed by atoms with Crippen LogP contribution >= 0.6 is 0 Å². The molecule has 2 amide bonds. The summed E-state index contributed by atoms with van der Waals surface area (Å²) in [5.41, 5.74) is 0.167. The molecule has 1 saturated heterocycles. The van der Waals surface area contributed by atoms with Crippen LogP contribution in [0.3, 0.4) is 0 Å². The Bertz CT molecular complexity index is 1220. The molecule has 2 rings (SSSR count). The number of allylic oxidation sites excluding steroid dienone is 2. The Balaban J connectivity index is 2.48. The summed E-state index contributed by atoms with van der Waals surface area (Å²) in [4.78, 5) is 66.0. The van der Waals surface area contributed by atoms with Crippen LogP contribution in [0.1, 0.15) is 75.6 Å². The number of ether oxygens (including phenoxy) is 5. The first kappa shape index (κ1) is 41.1. The van der Waals surface area contributed by atoms with Crippen molar-refractivity contribution in [3.05, 3.63) is 61.2 Å². The number of carbonyl (C=O) groups excluding carboxylic acids is 5. The van der Waals surface area contributed by atoms with E-state index in [9.17, 15) is 29.1 Å². The Morgan fingerprint density at radius 2 is 1.33 bits per heavy atom. The standard InChI is InChI=1S/C36H52N2O11/c1-6-10-19-37-28(40)21-25(15-8-3)34(43)48-31-30(47-33(42)24-17-13-12-14-18-24)27(23-39)46-36(45-5)32(31)49-35(44)26(16-9-4)22-29(41)38-20-11-7-2/h8-9,12-14,17-18,25-27,30-32,36,39H,3-4,6-7,10-11,15-16,19-23H2,1-2,5H3,(H,37,40)(H,38,41)/t25-,26-,27-,30-,31+,32-,36+/m1/s1. The predicted octanol–water partition coefficient (Wildman–Crippen LogP) is 3.40. The van der Waals surface area contributed by atoms with Gasteiger partial charge in [0, 0.05) is 33.0 Å². The quantitative estimate of drug-likeness (QED) is 0.0705. The average molecular weight is 689 g/mol. The number of esters is 3. The zero-order chi connectivity index (χ0) is 36.2. The van der Waals surface area contributed by atoms with Gasteiger partial charge in [0.25, 0.3) is 0 Å². The predicted molar refractivity (Wildman–Crippen MR) is 180 cm³/mol. The van der Waals surface area contributed by atoms with Crippen molar-refractivity contribution in [1.29, 1.82) is 0 Å². The second kappa shape index (κ2) is 22.5. The lowest BCUT2D eigenvalue weighted by molar-refractivity contribution is -0.301. The van der Waals surface area contributed by atoms with E-state index in [1.54, 1.807) is 18.2 Å². The first-order chi connectivity index (χ1) is 23.6. The largest absolute Gasteiger partial charge is 0.454 e. The highest BCUT2D eigenvalue weighted by atomic mass is 16.7. The maximum atomic E-state index is 13.8. The van der Waals surface area contributed by atoms with Gasteiger partial charge >= 0.3 is 17.9 Å². The highest BCUT2D eigenvalue weighted by molar-refractivity contribution is 5.89. The minimum atomic E-state index is -1.56. The number of hydrogen-bond acceptors (Lipinski definition) is 11. The number of aliphatic hydroxyl groups is 1. The van der Waals surface area contributed by atoms with E-state index in [4.69, 9.17) is 23.7 Å². The molecule has 1 fully saturated rings. The van der Waals surface area contributed by atoms with Gasteiger partial charge in [-0.05, 0) is 37.8 Å². The third kappa shape index (κ3) is 13.4. The van der Waals surface area contributed by atoms with Crippen molar-refractivity contribution in [3.63, 3.8) is 0 Å². The Hall–Kier alpha value is -4.07. The fraction of sp³-hybridized carbons (Fsp3) is 0.583. The number of aliphatic hydroxyl groups excluding tert-OH is 1. The molecule has 0 aliphatic carbocycles. The van der Waals surface area contributed by atoms with Gasteiger partial charge in [0.05, 0.1) is 24.0 Å². The van der Waals surface area contributed by atoms with E-state index in [1.165, 1.54) is 31.4 Å². The minimum Gasteiger partial charge on any atom is -0.454 e. The van der Waals surface area contributed by atoms with Gasteiger partial charge in [-0.2, -0.15) is 0 Å². The molecule has 0 unspecified atom stereocenters. The zero-order valence-corrected chi connectivity index (χ0v) is 28.8. The third-order valence-electron chi connectivity index (χ3n) is 7.90. The summed E-state index contributed by atoms with van der Waals surface area (Å²) in [6, 6.07) is 7.99. The van der Waals surface area contributed by atoms with Crippen LogP contribution in [0.2, 0.25) is 0 Å². The second-order valence-corrected chi connectivity index (χ2v) is 11.8. The van der Waals surface area contributed by atoms with Crippen LogP contribution < -0.4 is 10.6 Å². The van der Waals surface area contributed by atoms with Crippen molar-refractivity contribution in [3.8, 4) is 0 Å². The molecule has 272 valence electrons. The van der Waals surface area contributed by atoms with Crippen molar-refractivity contribution in [1.82, 2.24) is 10.6 Å². The molecule has 1 heterocycles. The minimum absolute atomic E-state index is 0.0772. The number of carbonyl (C=O) groups is 5. The van der Waals surface area contributed by atoms with Crippen molar-refractivity contribution in [2.45, 2.75) is 95.9 Å². The van der Waals surface area contributed by atoms with Crippen LogP contribution in [0, 0.1) is 11.8 Å². The number of nitrogens with one attached hydrogen (secondary N) is 2. The number of methoxy groups -OCH3 is 1. The van der Waals surface area contributed by atoms with Gasteiger partial charge in [-0.3, -0.25) is 19.2 Å². The summed E-state index contributed by atoms with van der Waals surface area (Å²) in [7, 11) is 1.26. The van der Waals surface area contributed by atoms with E-state index in [2.05, 4.69) is 23.8 Å². The molecular weight excluding hydrogens is 636 g/mol. The van der Waals surface area contributed by atoms with E-state index in [0.29, 0.717) is 13.1 Å². The number of unbranched alkanes of at least 4 members (excludes halogenated alkanes) is 2. The monoisotopic (exact) mass is 688 g/mol. The molecule has 0 bridgehead atoms. The maximum Gasteiger partial charge on any atom is 0.338 e. The van der Waals surface area contributed by atoms with Crippen molar-refractivity contribution in [2.75, 3.05) is 26.8 Å². The van der Waals surface area contributed by atoms with Crippen molar-refractivity contribution < 1.29 is 52.8 Å². The summed E-state index contributed by atoms with van der Waals surface area (Å²) in [5.74, 6) is -5.19. The van der Waals surface area contributed by atoms with Crippen molar-refractivity contribution in [2.24, 2.45) is 11.8 Å². The molecule has 0 radical (unpaired) electrons. The number of rotatable bonds is 22. The maximum absolute atomic E-state index is 13.8. The van der Waals surface area contributed by atoms with Gasteiger partial charge in [0.15, 0.2) is 24.6 Å². The lowest BCUT2D eigenvalue weighted by Crippen LogP contribution is -2.63. The smallest absolute Gasteiger partial charge is 0.338 e. The Morgan fingerprint density at radius 3 is 1.78 bits per heavy atom. The first-order valence-electron chi connectivity index (χ1n) is 16.8. The Kier molecular flexibility index (Phi) is 18.9. The van der Waals surface area contributed by atoms with Gasteiger partial charge in [0.2, 0.25) is 11.8 Å². The van der Waals surface area contributed by atoms with E-state index in [0.717, 1.165) is 25.7 Å². The summed E-state index contributed by atoms with van der Waals surface area (Å²) in [6.45, 7) is 11.6. The summed E-state index contributed by atoms with van der Waals surface area (Å²) < 4.78 is 29.0. The Labute approximate surface area is 288 Å². The van der Waals surface area contributed by atoms with E-state index < -0.39 is 67.1 Å². The molecule has 49 heavy (non-hydrogen) atoms. The lowest BCUT2D eigenvalue weighted by Gasteiger charge is -2.44. The molecule has 1 aliphatic heterocycles. The van der Waals surface area contributed by atoms with Crippen LogP contribution in [0.25, 0.3) is 0 Å². The van der Waals surface area contributed by atoms with Gasteiger partial charge in [-0.25, -0.2) is 4.79 Å². The molecule has 3 N–H and O–H groups in total. The molecule has 7 atom stereocenters. The van der Waals surface area contributed by atoms with Crippen LogP contribution in [0.5, 0.6) is 0 Å². The van der Waals surface area contributed by atoms with E-state index in [1.807, 2.05) is 13.8 Å². The van der Waals surface area contributed by atoms with E-state index in [-0.39, 0.29) is 43.1 Å². The molecular formula is C36H52N2O11. The summed E-state index contributed by atoms with van der Waals surface area (Å²) >= 11 is 0. The zero-order valence-electron chi connectivity index (χ0n) is 28.8. The fourth-order valence-corrected chi connectivity index (χ4v) is 5.17. The van der Waals surface area contributed by atoms with Crippen molar-refractivity contribution >= 4 is 29.7 Å². The number of benzene rings is 1. The van der Waals surface area contributed by atoms with Crippen LogP contribution in [0.15, 0.2) is 55.6 Å². The average Bonchev–Trinajstić information content (AvgIpc) is 3.09. The van der Waals surface area contributed by atoms with E-state index >= 15 is 0 Å². The Morgan fingerprint density at radius 1 is 0.816 bits per heavy atom. The molecule has 1 aromatic rings. The molecule has 0 spiro atoms. The topological polar surface area (TPSA) is 176 Å². The van der Waals surface area contributed by atoms with Crippen LogP contribution in [-0.2, 0) is 42.9 Å². The molecule has 1 aliphatic rings. The summed E-state index contributed by atoms with van der Waals surface area (Å²) in [6.07, 6.45) is -1.24.